The molecule has 2 aromatic rings. The Bertz CT molecular complexity index is 668. The van der Waals surface area contributed by atoms with Gasteiger partial charge in [0.25, 0.3) is 0 Å². The second-order valence-corrected chi connectivity index (χ2v) is 5.37. The average molecular weight is 292 g/mol. The molecule has 0 aliphatic carbocycles. The van der Waals surface area contributed by atoms with Crippen LogP contribution in [0.1, 0.15) is 37.0 Å². The first-order valence-corrected chi connectivity index (χ1v) is 6.85. The van der Waals surface area contributed by atoms with Crippen LogP contribution < -0.4 is 5.32 Å². The van der Waals surface area contributed by atoms with Crippen molar-refractivity contribution in [1.82, 2.24) is 14.8 Å². The lowest BCUT2D eigenvalue weighted by Gasteiger charge is -2.31. The molecule has 0 aliphatic heterocycles. The highest BCUT2D eigenvalue weighted by molar-refractivity contribution is 6.03. The summed E-state index contributed by atoms with van der Waals surface area (Å²) >= 11 is 0. The number of carbonyl (C=O) groups is 1. The van der Waals surface area contributed by atoms with E-state index in [0.717, 1.165) is 6.42 Å². The fourth-order valence-electron chi connectivity index (χ4n) is 2.27. The minimum absolute atomic E-state index is 0.0288. The van der Waals surface area contributed by atoms with Crippen molar-refractivity contribution >= 4 is 22.7 Å². The fourth-order valence-corrected chi connectivity index (χ4v) is 2.27. The van der Waals surface area contributed by atoms with Gasteiger partial charge in [-0.05, 0) is 19.8 Å². The predicted molar refractivity (Wildman–Crippen MR) is 79.5 cm³/mol. The number of carboxylic acids is 1. The number of aliphatic hydroxyl groups is 1. The molecule has 0 aromatic carbocycles. The van der Waals surface area contributed by atoms with Gasteiger partial charge in [0.2, 0.25) is 0 Å². The molecule has 0 saturated heterocycles. The second kappa shape index (κ2) is 5.69. The van der Waals surface area contributed by atoms with Gasteiger partial charge in [0.1, 0.15) is 5.56 Å². The number of aromatic nitrogens is 3. The molecular weight excluding hydrogens is 272 g/mol. The third-order valence-corrected chi connectivity index (χ3v) is 3.86. The number of pyridine rings is 1. The van der Waals surface area contributed by atoms with Gasteiger partial charge in [0, 0.05) is 25.4 Å². The maximum Gasteiger partial charge on any atom is 0.339 e. The number of rotatable bonds is 6. The van der Waals surface area contributed by atoms with Gasteiger partial charge < -0.3 is 15.5 Å². The summed E-state index contributed by atoms with van der Waals surface area (Å²) in [5.41, 5.74) is 0.819. The van der Waals surface area contributed by atoms with Gasteiger partial charge in [-0.3, -0.25) is 4.68 Å². The van der Waals surface area contributed by atoms with E-state index < -0.39 is 11.5 Å². The van der Waals surface area contributed by atoms with Crippen molar-refractivity contribution in [1.29, 1.82) is 0 Å². The zero-order valence-corrected chi connectivity index (χ0v) is 12.4. The summed E-state index contributed by atoms with van der Waals surface area (Å²) in [4.78, 5) is 15.6. The number of anilines is 1. The highest BCUT2D eigenvalue weighted by atomic mass is 16.4. The number of hydrogen-bond acceptors (Lipinski definition) is 5. The predicted octanol–water partition coefficient (Wildman–Crippen LogP) is 1.63. The van der Waals surface area contributed by atoms with Crippen molar-refractivity contribution in [3.63, 3.8) is 0 Å². The second-order valence-electron chi connectivity index (χ2n) is 5.37. The first kappa shape index (κ1) is 15.2. The van der Waals surface area contributed by atoms with E-state index >= 15 is 0 Å². The van der Waals surface area contributed by atoms with E-state index in [2.05, 4.69) is 15.4 Å². The van der Waals surface area contributed by atoms with E-state index in [1.165, 1.54) is 6.20 Å². The van der Waals surface area contributed by atoms with E-state index in [9.17, 15) is 15.0 Å². The molecule has 0 fully saturated rings. The molecule has 7 heteroatoms. The Kier molecular flexibility index (Phi) is 4.13. The maximum absolute atomic E-state index is 11.4. The molecule has 7 nitrogen and oxygen atoms in total. The van der Waals surface area contributed by atoms with Crippen molar-refractivity contribution in [2.45, 2.75) is 32.2 Å². The Labute approximate surface area is 122 Å². The van der Waals surface area contributed by atoms with Gasteiger partial charge >= 0.3 is 5.97 Å². The Morgan fingerprint density at radius 1 is 1.48 bits per heavy atom. The Morgan fingerprint density at radius 3 is 2.76 bits per heavy atom. The zero-order chi connectivity index (χ0) is 15.6. The number of carboxylic acid groups (broad SMARTS) is 1. The third kappa shape index (κ3) is 2.82. The van der Waals surface area contributed by atoms with Crippen molar-refractivity contribution in [2.75, 3.05) is 11.9 Å². The van der Waals surface area contributed by atoms with Gasteiger partial charge in [0.15, 0.2) is 5.65 Å². The summed E-state index contributed by atoms with van der Waals surface area (Å²) in [5.74, 6) is -1.04. The van der Waals surface area contributed by atoms with E-state index in [4.69, 9.17) is 0 Å². The van der Waals surface area contributed by atoms with Crippen molar-refractivity contribution in [2.24, 2.45) is 7.05 Å². The summed E-state index contributed by atoms with van der Waals surface area (Å²) in [7, 11) is 1.76. The van der Waals surface area contributed by atoms with Crippen LogP contribution in [0, 0.1) is 0 Å². The van der Waals surface area contributed by atoms with E-state index in [1.54, 1.807) is 17.9 Å². The van der Waals surface area contributed by atoms with Crippen LogP contribution in [0.2, 0.25) is 0 Å². The number of hydrogen-bond donors (Lipinski definition) is 3. The van der Waals surface area contributed by atoms with Gasteiger partial charge in [-0.2, -0.15) is 5.10 Å². The molecular formula is C14H20N4O3. The largest absolute Gasteiger partial charge is 0.478 e. The zero-order valence-electron chi connectivity index (χ0n) is 12.4. The quantitative estimate of drug-likeness (QED) is 0.748. The highest BCUT2D eigenvalue weighted by Crippen LogP contribution is 2.30. The van der Waals surface area contributed by atoms with Crippen LogP contribution in [0.25, 0.3) is 11.0 Å². The van der Waals surface area contributed by atoms with Crippen LogP contribution in [-0.4, -0.2) is 43.1 Å². The first-order valence-electron chi connectivity index (χ1n) is 6.85. The van der Waals surface area contributed by atoms with Crippen LogP contribution in [0.5, 0.6) is 0 Å². The fraction of sp³-hybridized carbons (Fsp3) is 0.500. The molecule has 3 N–H and O–H groups in total. The lowest BCUT2D eigenvalue weighted by atomic mass is 9.93. The maximum atomic E-state index is 11.4. The van der Waals surface area contributed by atoms with Crippen LogP contribution in [-0.2, 0) is 7.05 Å². The molecule has 0 amide bonds. The lowest BCUT2D eigenvalue weighted by Crippen LogP contribution is -2.35. The molecule has 0 radical (unpaired) electrons. The molecule has 0 aliphatic rings. The molecule has 1 atom stereocenters. The van der Waals surface area contributed by atoms with Gasteiger partial charge in [0.05, 0.1) is 17.3 Å². The topological polar surface area (TPSA) is 100 Å². The Morgan fingerprint density at radius 2 is 2.19 bits per heavy atom. The number of fused-ring (bicyclic) bond motifs is 1. The molecule has 21 heavy (non-hydrogen) atoms. The molecule has 0 saturated carbocycles. The van der Waals surface area contributed by atoms with Crippen LogP contribution >= 0.6 is 0 Å². The van der Waals surface area contributed by atoms with E-state index in [-0.39, 0.29) is 12.2 Å². The third-order valence-electron chi connectivity index (χ3n) is 3.86. The van der Waals surface area contributed by atoms with Crippen molar-refractivity contribution < 1.29 is 15.0 Å². The molecule has 2 heterocycles. The van der Waals surface area contributed by atoms with Crippen molar-refractivity contribution in [3.8, 4) is 0 Å². The molecule has 1 unspecified atom stereocenters. The van der Waals surface area contributed by atoms with Crippen LogP contribution in [0.3, 0.4) is 0 Å². The SMILES string of the molecule is CCC(C)(CCO)Nc1c(C(=O)O)cnc2c1cnn2C. The number of aryl methyl sites for hydroxylation is 1. The summed E-state index contributed by atoms with van der Waals surface area (Å²) in [6.07, 6.45) is 4.21. The molecule has 0 spiro atoms. The smallest absolute Gasteiger partial charge is 0.339 e. The van der Waals surface area contributed by atoms with Crippen LogP contribution in [0.15, 0.2) is 12.4 Å². The molecule has 2 rings (SSSR count). The summed E-state index contributed by atoms with van der Waals surface area (Å²) in [6.45, 7) is 3.98. The highest BCUT2D eigenvalue weighted by Gasteiger charge is 2.26. The normalized spacial score (nSPS) is 14.1. The first-order chi connectivity index (χ1) is 9.91. The summed E-state index contributed by atoms with van der Waals surface area (Å²) in [5, 5.41) is 26.7. The van der Waals surface area contributed by atoms with E-state index in [0.29, 0.717) is 23.1 Å². The van der Waals surface area contributed by atoms with Crippen LogP contribution in [0.4, 0.5) is 5.69 Å². The average Bonchev–Trinajstić information content (AvgIpc) is 2.81. The minimum atomic E-state index is -1.04. The number of aromatic carboxylic acids is 1. The molecule has 2 aromatic heterocycles. The van der Waals surface area contributed by atoms with Gasteiger partial charge in [-0.15, -0.1) is 0 Å². The Hall–Kier alpha value is -2.15. The standard InChI is InChI=1S/C14H20N4O3/c1-4-14(2,5-6-19)17-11-9-8-16-18(3)12(9)15-7-10(11)13(20)21/h7-8,19H,4-6H2,1-3H3,(H,15,17)(H,20,21). The lowest BCUT2D eigenvalue weighted by molar-refractivity contribution is 0.0697. The van der Waals surface area contributed by atoms with Gasteiger partial charge in [-0.25, -0.2) is 9.78 Å². The summed E-state index contributed by atoms with van der Waals surface area (Å²) < 4.78 is 1.60. The number of aliphatic hydroxyl groups excluding tert-OH is 1. The molecule has 0 bridgehead atoms. The monoisotopic (exact) mass is 292 g/mol. The Balaban J connectivity index is 2.58. The van der Waals surface area contributed by atoms with Gasteiger partial charge in [-0.1, -0.05) is 6.92 Å². The van der Waals surface area contributed by atoms with Crippen molar-refractivity contribution in [3.05, 3.63) is 18.0 Å². The molecule has 114 valence electrons. The number of nitrogens with zero attached hydrogens (tertiary/aromatic N) is 3. The minimum Gasteiger partial charge on any atom is -0.478 e. The summed E-state index contributed by atoms with van der Waals surface area (Å²) in [6, 6.07) is 0. The number of nitrogens with one attached hydrogen (secondary N) is 1. The van der Waals surface area contributed by atoms with E-state index in [1.807, 2.05) is 13.8 Å².